The van der Waals surface area contributed by atoms with Gasteiger partial charge in [0.05, 0.1) is 5.60 Å². The number of ether oxygens (including phenoxy) is 1. The Morgan fingerprint density at radius 2 is 1.90 bits per heavy atom. The number of nitrogens with one attached hydrogen (secondary N) is 1. The summed E-state index contributed by atoms with van der Waals surface area (Å²) in [5.74, 6) is 0.690. The molecule has 1 aliphatic carbocycles. The van der Waals surface area contributed by atoms with Crippen LogP contribution in [-0.4, -0.2) is 31.5 Å². The summed E-state index contributed by atoms with van der Waals surface area (Å²) in [4.78, 5) is 0. The minimum Gasteiger partial charge on any atom is -0.377 e. The molecule has 1 aliphatic rings. The van der Waals surface area contributed by atoms with E-state index in [4.69, 9.17) is 4.74 Å². The van der Waals surface area contributed by atoms with Crippen molar-refractivity contribution in [1.82, 2.24) is 5.32 Å². The molecule has 0 aromatic heterocycles. The van der Waals surface area contributed by atoms with E-state index in [0.717, 1.165) is 38.6 Å². The second kappa shape index (κ2) is 8.37. The molecule has 0 aromatic carbocycles. The van der Waals surface area contributed by atoms with Gasteiger partial charge in [-0.25, -0.2) is 0 Å². The zero-order valence-electron chi connectivity index (χ0n) is 13.6. The van der Waals surface area contributed by atoms with Crippen molar-refractivity contribution in [2.75, 3.05) is 13.7 Å². The van der Waals surface area contributed by atoms with Crippen LogP contribution in [0.1, 0.15) is 65.2 Å². The summed E-state index contributed by atoms with van der Waals surface area (Å²) < 4.78 is 43.0. The summed E-state index contributed by atoms with van der Waals surface area (Å²) in [6.45, 7) is 5.14. The highest BCUT2D eigenvalue weighted by Crippen LogP contribution is 2.38. The fraction of sp³-hybridized carbons (Fsp3) is 1.00. The molecule has 1 rings (SSSR count). The Hall–Kier alpha value is -0.290. The van der Waals surface area contributed by atoms with Gasteiger partial charge in [0.1, 0.15) is 0 Å². The minimum atomic E-state index is -4.06. The van der Waals surface area contributed by atoms with E-state index in [-0.39, 0.29) is 18.1 Å². The van der Waals surface area contributed by atoms with Crippen LogP contribution in [0.5, 0.6) is 0 Å². The summed E-state index contributed by atoms with van der Waals surface area (Å²) in [5, 5.41) is 3.44. The van der Waals surface area contributed by atoms with Crippen molar-refractivity contribution in [3.8, 4) is 0 Å². The third kappa shape index (κ3) is 6.15. The van der Waals surface area contributed by atoms with Gasteiger partial charge < -0.3 is 10.1 Å². The summed E-state index contributed by atoms with van der Waals surface area (Å²) in [6, 6.07) is 0.0253. The van der Waals surface area contributed by atoms with Crippen LogP contribution in [0.2, 0.25) is 0 Å². The van der Waals surface area contributed by atoms with Crippen LogP contribution in [0, 0.1) is 5.92 Å². The molecule has 0 amide bonds. The number of hydrogen-bond acceptors (Lipinski definition) is 2. The van der Waals surface area contributed by atoms with Gasteiger partial charge in [-0.3, -0.25) is 0 Å². The third-order valence-electron chi connectivity index (χ3n) is 4.76. The van der Waals surface area contributed by atoms with Crippen molar-refractivity contribution in [1.29, 1.82) is 0 Å². The number of rotatable bonds is 8. The molecule has 0 aromatic rings. The highest BCUT2D eigenvalue weighted by molar-refractivity contribution is 4.96. The van der Waals surface area contributed by atoms with Gasteiger partial charge in [-0.05, 0) is 57.4 Å². The SMILES string of the molecule is CCCNC(CCCC(F)(F)F)C1(OC)CCC(C)CC1. The molecule has 21 heavy (non-hydrogen) atoms. The molecule has 0 saturated heterocycles. The lowest BCUT2D eigenvalue weighted by molar-refractivity contribution is -0.137. The Balaban J connectivity index is 2.64. The van der Waals surface area contributed by atoms with Gasteiger partial charge in [-0.2, -0.15) is 13.2 Å². The monoisotopic (exact) mass is 309 g/mol. The molecule has 0 heterocycles. The Labute approximate surface area is 126 Å². The molecule has 2 nitrogen and oxygen atoms in total. The van der Waals surface area contributed by atoms with Gasteiger partial charge >= 0.3 is 6.18 Å². The Morgan fingerprint density at radius 1 is 1.29 bits per heavy atom. The molecule has 126 valence electrons. The molecular weight excluding hydrogens is 279 g/mol. The lowest BCUT2D eigenvalue weighted by Gasteiger charge is -2.44. The predicted molar refractivity (Wildman–Crippen MR) is 79.4 cm³/mol. The van der Waals surface area contributed by atoms with Crippen LogP contribution in [0.3, 0.4) is 0 Å². The lowest BCUT2D eigenvalue weighted by atomic mass is 9.74. The maximum absolute atomic E-state index is 12.4. The fourth-order valence-corrected chi connectivity index (χ4v) is 3.32. The zero-order chi connectivity index (χ0) is 15.9. The highest BCUT2D eigenvalue weighted by atomic mass is 19.4. The van der Waals surface area contributed by atoms with E-state index in [1.165, 1.54) is 0 Å². The predicted octanol–water partition coefficient (Wildman–Crippen LogP) is 4.68. The Bertz CT molecular complexity index is 286. The van der Waals surface area contributed by atoms with Gasteiger partial charge in [0.2, 0.25) is 0 Å². The summed E-state index contributed by atoms with van der Waals surface area (Å²) in [6.07, 6.45) is 0.994. The van der Waals surface area contributed by atoms with Gasteiger partial charge in [0.25, 0.3) is 0 Å². The topological polar surface area (TPSA) is 21.3 Å². The second-order valence-corrected chi connectivity index (χ2v) is 6.47. The van der Waals surface area contributed by atoms with Crippen LogP contribution in [0.25, 0.3) is 0 Å². The molecule has 1 N–H and O–H groups in total. The first-order valence-electron chi connectivity index (χ1n) is 8.18. The number of alkyl halides is 3. The van der Waals surface area contributed by atoms with Crippen molar-refractivity contribution < 1.29 is 17.9 Å². The lowest BCUT2D eigenvalue weighted by Crippen LogP contribution is -2.54. The quantitative estimate of drug-likeness (QED) is 0.703. The van der Waals surface area contributed by atoms with E-state index < -0.39 is 12.6 Å². The van der Waals surface area contributed by atoms with Crippen molar-refractivity contribution in [3.63, 3.8) is 0 Å². The molecule has 0 spiro atoms. The van der Waals surface area contributed by atoms with E-state index in [1.54, 1.807) is 7.11 Å². The van der Waals surface area contributed by atoms with Gasteiger partial charge in [-0.1, -0.05) is 13.8 Å². The van der Waals surface area contributed by atoms with E-state index >= 15 is 0 Å². The molecule has 1 atom stereocenters. The van der Waals surface area contributed by atoms with Gasteiger partial charge in [0, 0.05) is 19.6 Å². The third-order valence-corrected chi connectivity index (χ3v) is 4.76. The molecule has 5 heteroatoms. The minimum absolute atomic E-state index is 0.0253. The normalized spacial score (nSPS) is 28.6. The summed E-state index contributed by atoms with van der Waals surface area (Å²) >= 11 is 0. The average Bonchev–Trinajstić information content (AvgIpc) is 2.43. The van der Waals surface area contributed by atoms with Crippen LogP contribution < -0.4 is 5.32 Å². The molecule has 0 radical (unpaired) electrons. The fourth-order valence-electron chi connectivity index (χ4n) is 3.32. The first-order chi connectivity index (χ1) is 9.83. The molecule has 0 bridgehead atoms. The van der Waals surface area contributed by atoms with Crippen LogP contribution in [0.15, 0.2) is 0 Å². The number of halogens is 3. The molecule has 1 fully saturated rings. The smallest absolute Gasteiger partial charge is 0.377 e. The summed E-state index contributed by atoms with van der Waals surface area (Å²) in [7, 11) is 1.71. The second-order valence-electron chi connectivity index (χ2n) is 6.47. The van der Waals surface area contributed by atoms with E-state index in [0.29, 0.717) is 12.3 Å². The van der Waals surface area contributed by atoms with Crippen molar-refractivity contribution in [2.45, 2.75) is 83.0 Å². The maximum Gasteiger partial charge on any atom is 0.389 e. The first kappa shape index (κ1) is 18.8. The van der Waals surface area contributed by atoms with E-state index in [1.807, 2.05) is 0 Å². The molecule has 1 saturated carbocycles. The first-order valence-corrected chi connectivity index (χ1v) is 8.18. The van der Waals surface area contributed by atoms with Crippen LogP contribution in [0.4, 0.5) is 13.2 Å². The standard InChI is InChI=1S/C16H30F3NO/c1-4-12-20-14(6-5-9-16(17,18)19)15(21-3)10-7-13(2)8-11-15/h13-14,20H,4-12H2,1-3H3. The average molecular weight is 309 g/mol. The van der Waals surface area contributed by atoms with Crippen LogP contribution in [-0.2, 0) is 4.74 Å². The maximum atomic E-state index is 12.4. The number of hydrogen-bond donors (Lipinski definition) is 1. The van der Waals surface area contributed by atoms with Gasteiger partial charge in [0.15, 0.2) is 0 Å². The molecule has 0 aliphatic heterocycles. The van der Waals surface area contributed by atoms with Gasteiger partial charge in [-0.15, -0.1) is 0 Å². The Kier molecular flexibility index (Phi) is 7.48. The van der Waals surface area contributed by atoms with Crippen molar-refractivity contribution in [3.05, 3.63) is 0 Å². The number of methoxy groups -OCH3 is 1. The van der Waals surface area contributed by atoms with Crippen LogP contribution >= 0.6 is 0 Å². The molecule has 1 unspecified atom stereocenters. The zero-order valence-corrected chi connectivity index (χ0v) is 13.6. The summed E-state index contributed by atoms with van der Waals surface area (Å²) in [5.41, 5.74) is -0.284. The van der Waals surface area contributed by atoms with Crippen molar-refractivity contribution >= 4 is 0 Å². The van der Waals surface area contributed by atoms with E-state index in [2.05, 4.69) is 19.2 Å². The highest BCUT2D eigenvalue weighted by Gasteiger charge is 2.41. The van der Waals surface area contributed by atoms with E-state index in [9.17, 15) is 13.2 Å². The van der Waals surface area contributed by atoms with Crippen molar-refractivity contribution in [2.24, 2.45) is 5.92 Å². The largest absolute Gasteiger partial charge is 0.389 e. The Morgan fingerprint density at radius 3 is 2.38 bits per heavy atom. The molecular formula is C16H30F3NO.